The summed E-state index contributed by atoms with van der Waals surface area (Å²) in [7, 11) is 1.57. The van der Waals surface area contributed by atoms with Crippen LogP contribution >= 0.6 is 0 Å². The van der Waals surface area contributed by atoms with Crippen molar-refractivity contribution in [2.75, 3.05) is 19.0 Å². The lowest BCUT2D eigenvalue weighted by atomic mass is 10.2. The van der Waals surface area contributed by atoms with Crippen LogP contribution in [-0.2, 0) is 4.79 Å². The Morgan fingerprint density at radius 2 is 1.95 bits per heavy atom. The van der Waals surface area contributed by atoms with Crippen molar-refractivity contribution < 1.29 is 14.3 Å². The molecule has 0 spiro atoms. The van der Waals surface area contributed by atoms with Crippen LogP contribution in [0.1, 0.15) is 12.0 Å². The number of para-hydroxylation sites is 2. The molecule has 2 aromatic carbocycles. The summed E-state index contributed by atoms with van der Waals surface area (Å²) < 4.78 is 10.7. The van der Waals surface area contributed by atoms with Gasteiger partial charge >= 0.3 is 0 Å². The van der Waals surface area contributed by atoms with E-state index in [0.717, 1.165) is 0 Å². The molecule has 1 amide bonds. The monoisotopic (exact) mass is 296 g/mol. The zero-order valence-corrected chi connectivity index (χ0v) is 12.2. The molecule has 0 heterocycles. The number of nitrogens with zero attached hydrogens (tertiary/aromatic N) is 1. The van der Waals surface area contributed by atoms with Crippen molar-refractivity contribution in [2.24, 2.45) is 0 Å². The number of rotatable bonds is 6. The summed E-state index contributed by atoms with van der Waals surface area (Å²) in [6.45, 7) is 0.240. The van der Waals surface area contributed by atoms with E-state index in [1.165, 1.54) is 0 Å². The van der Waals surface area contributed by atoms with E-state index < -0.39 is 0 Å². The number of carbonyl (C=O) groups is 1. The van der Waals surface area contributed by atoms with Gasteiger partial charge in [0.2, 0.25) is 5.91 Å². The van der Waals surface area contributed by atoms with E-state index in [0.29, 0.717) is 22.7 Å². The number of nitriles is 1. The van der Waals surface area contributed by atoms with Gasteiger partial charge in [0, 0.05) is 5.69 Å². The van der Waals surface area contributed by atoms with Crippen molar-refractivity contribution in [3.8, 4) is 17.6 Å². The van der Waals surface area contributed by atoms with Crippen molar-refractivity contribution in [3.63, 3.8) is 0 Å². The molecule has 0 fully saturated rings. The van der Waals surface area contributed by atoms with Crippen LogP contribution in [0.25, 0.3) is 0 Å². The fourth-order valence-corrected chi connectivity index (χ4v) is 1.88. The molecule has 0 aliphatic heterocycles. The quantitative estimate of drug-likeness (QED) is 0.889. The van der Waals surface area contributed by atoms with E-state index in [4.69, 9.17) is 14.7 Å². The third kappa shape index (κ3) is 4.25. The van der Waals surface area contributed by atoms with Gasteiger partial charge in [-0.05, 0) is 30.3 Å². The Hall–Kier alpha value is -3.00. The average Bonchev–Trinajstić information content (AvgIpc) is 2.55. The SMILES string of the molecule is COc1ccccc1OCCC(=O)Nc1cccc(C#N)c1. The molecule has 2 rings (SSSR count). The van der Waals surface area contributed by atoms with Crippen LogP contribution in [0.4, 0.5) is 5.69 Å². The third-order valence-electron chi connectivity index (χ3n) is 2.93. The van der Waals surface area contributed by atoms with Crippen LogP contribution in [0.5, 0.6) is 11.5 Å². The molecule has 112 valence electrons. The third-order valence-corrected chi connectivity index (χ3v) is 2.93. The maximum Gasteiger partial charge on any atom is 0.227 e. The maximum absolute atomic E-state index is 11.9. The van der Waals surface area contributed by atoms with Crippen LogP contribution in [-0.4, -0.2) is 19.6 Å². The van der Waals surface area contributed by atoms with Crippen molar-refractivity contribution in [3.05, 3.63) is 54.1 Å². The first-order valence-corrected chi connectivity index (χ1v) is 6.79. The van der Waals surface area contributed by atoms with Gasteiger partial charge < -0.3 is 14.8 Å². The summed E-state index contributed by atoms with van der Waals surface area (Å²) in [6, 6.07) is 16.1. The predicted octanol–water partition coefficient (Wildman–Crippen LogP) is 2.97. The van der Waals surface area contributed by atoms with Gasteiger partial charge in [0.1, 0.15) is 0 Å². The van der Waals surface area contributed by atoms with Crippen LogP contribution in [0.2, 0.25) is 0 Å². The standard InChI is InChI=1S/C17H16N2O3/c1-21-15-7-2-3-8-16(15)22-10-9-17(20)19-14-6-4-5-13(11-14)12-18/h2-8,11H,9-10H2,1H3,(H,19,20). The Balaban J connectivity index is 1.84. The molecule has 0 atom stereocenters. The molecule has 0 aliphatic rings. The van der Waals surface area contributed by atoms with Crippen LogP contribution in [0.15, 0.2) is 48.5 Å². The Labute approximate surface area is 129 Å². The van der Waals surface area contributed by atoms with Gasteiger partial charge in [-0.2, -0.15) is 5.26 Å². The number of methoxy groups -OCH3 is 1. The van der Waals surface area contributed by atoms with Crippen molar-refractivity contribution >= 4 is 11.6 Å². The minimum absolute atomic E-state index is 0.176. The summed E-state index contributed by atoms with van der Waals surface area (Å²) in [5.74, 6) is 1.05. The molecule has 1 N–H and O–H groups in total. The highest BCUT2D eigenvalue weighted by Crippen LogP contribution is 2.25. The van der Waals surface area contributed by atoms with Gasteiger partial charge in [0.25, 0.3) is 0 Å². The normalized spacial score (nSPS) is 9.64. The minimum atomic E-state index is -0.176. The Bertz CT molecular complexity index is 692. The second-order valence-electron chi connectivity index (χ2n) is 4.49. The van der Waals surface area contributed by atoms with Crippen molar-refractivity contribution in [1.29, 1.82) is 5.26 Å². The number of hydrogen-bond acceptors (Lipinski definition) is 4. The van der Waals surface area contributed by atoms with Crippen molar-refractivity contribution in [2.45, 2.75) is 6.42 Å². The summed E-state index contributed by atoms with van der Waals surface area (Å²) >= 11 is 0. The molecule has 5 nitrogen and oxygen atoms in total. The number of amides is 1. The molecular weight excluding hydrogens is 280 g/mol. The molecule has 0 saturated carbocycles. The lowest BCUT2D eigenvalue weighted by molar-refractivity contribution is -0.116. The first-order valence-electron chi connectivity index (χ1n) is 6.79. The fourth-order valence-electron chi connectivity index (χ4n) is 1.88. The molecule has 0 bridgehead atoms. The van der Waals surface area contributed by atoms with Crippen LogP contribution in [0.3, 0.4) is 0 Å². The topological polar surface area (TPSA) is 71.3 Å². The zero-order chi connectivity index (χ0) is 15.8. The van der Waals surface area contributed by atoms with Crippen LogP contribution < -0.4 is 14.8 Å². The molecule has 5 heteroatoms. The van der Waals surface area contributed by atoms with Gasteiger partial charge in [0.05, 0.1) is 31.8 Å². The van der Waals surface area contributed by atoms with E-state index in [1.807, 2.05) is 18.2 Å². The molecule has 2 aromatic rings. The molecule has 0 radical (unpaired) electrons. The summed E-state index contributed by atoms with van der Waals surface area (Å²) in [6.07, 6.45) is 0.203. The first kappa shape index (κ1) is 15.4. The highest BCUT2D eigenvalue weighted by atomic mass is 16.5. The maximum atomic E-state index is 11.9. The fraction of sp³-hybridized carbons (Fsp3) is 0.176. The summed E-state index contributed by atoms with van der Waals surface area (Å²) in [4.78, 5) is 11.9. The number of carbonyl (C=O) groups excluding carboxylic acids is 1. The van der Waals surface area contributed by atoms with Gasteiger partial charge in [-0.1, -0.05) is 18.2 Å². The highest BCUT2D eigenvalue weighted by Gasteiger charge is 2.06. The predicted molar refractivity (Wildman–Crippen MR) is 82.9 cm³/mol. The van der Waals surface area contributed by atoms with E-state index in [1.54, 1.807) is 43.5 Å². The number of hydrogen-bond donors (Lipinski definition) is 1. The lowest BCUT2D eigenvalue weighted by Gasteiger charge is -2.10. The minimum Gasteiger partial charge on any atom is -0.493 e. The second kappa shape index (κ2) is 7.70. The number of anilines is 1. The lowest BCUT2D eigenvalue weighted by Crippen LogP contribution is -2.15. The Morgan fingerprint density at radius 1 is 1.18 bits per heavy atom. The molecule has 0 aliphatic carbocycles. The van der Waals surface area contributed by atoms with Gasteiger partial charge in [-0.15, -0.1) is 0 Å². The smallest absolute Gasteiger partial charge is 0.227 e. The van der Waals surface area contributed by atoms with E-state index in [2.05, 4.69) is 5.32 Å². The number of ether oxygens (including phenoxy) is 2. The van der Waals surface area contributed by atoms with Gasteiger partial charge in [-0.25, -0.2) is 0 Å². The van der Waals surface area contributed by atoms with E-state index in [9.17, 15) is 4.79 Å². The summed E-state index contributed by atoms with van der Waals surface area (Å²) in [5, 5.41) is 11.5. The molecule has 22 heavy (non-hydrogen) atoms. The van der Waals surface area contributed by atoms with E-state index >= 15 is 0 Å². The number of benzene rings is 2. The van der Waals surface area contributed by atoms with Crippen LogP contribution in [0, 0.1) is 11.3 Å². The molecular formula is C17H16N2O3. The number of nitrogens with one attached hydrogen (secondary N) is 1. The second-order valence-corrected chi connectivity index (χ2v) is 4.49. The zero-order valence-electron chi connectivity index (χ0n) is 12.2. The molecule has 0 saturated heterocycles. The van der Waals surface area contributed by atoms with Gasteiger partial charge in [0.15, 0.2) is 11.5 Å². The Kier molecular flexibility index (Phi) is 5.38. The average molecular weight is 296 g/mol. The summed E-state index contributed by atoms with van der Waals surface area (Å²) in [5.41, 5.74) is 1.10. The van der Waals surface area contributed by atoms with Gasteiger partial charge in [-0.3, -0.25) is 4.79 Å². The van der Waals surface area contributed by atoms with Crippen molar-refractivity contribution in [1.82, 2.24) is 0 Å². The molecule has 0 aromatic heterocycles. The highest BCUT2D eigenvalue weighted by molar-refractivity contribution is 5.90. The largest absolute Gasteiger partial charge is 0.493 e. The Morgan fingerprint density at radius 3 is 2.68 bits per heavy atom. The first-order chi connectivity index (χ1) is 10.7. The molecule has 0 unspecified atom stereocenters. The van der Waals surface area contributed by atoms with E-state index in [-0.39, 0.29) is 18.9 Å².